The molecular weight excluding hydrogens is 223 g/mol. The molecule has 0 amide bonds. The van der Waals surface area contributed by atoms with E-state index in [0.717, 1.165) is 3.92 Å². The highest BCUT2D eigenvalue weighted by atomic mass is 127. The van der Waals surface area contributed by atoms with Gasteiger partial charge in [0, 0.05) is 3.92 Å². The fourth-order valence-corrected chi connectivity index (χ4v) is 1.74. The van der Waals surface area contributed by atoms with Crippen LogP contribution in [0.5, 0.6) is 0 Å². The van der Waals surface area contributed by atoms with Gasteiger partial charge in [-0.2, -0.15) is 0 Å². The Hall–Kier alpha value is 0.470. The monoisotopic (exact) mass is 236 g/mol. The average molecular weight is 236 g/mol. The van der Waals surface area contributed by atoms with Gasteiger partial charge in [-0.15, -0.1) is 0 Å². The third kappa shape index (κ3) is 2.28. The molecule has 0 N–H and O–H groups in total. The SMILES string of the molecule is CCC1=CCC(I)CC1. The molecule has 0 aromatic rings. The molecule has 0 bridgehead atoms. The second-order valence-corrected chi connectivity index (χ2v) is 4.35. The lowest BCUT2D eigenvalue weighted by atomic mass is 9.98. The van der Waals surface area contributed by atoms with E-state index in [4.69, 9.17) is 0 Å². The van der Waals surface area contributed by atoms with Gasteiger partial charge in [-0.1, -0.05) is 41.2 Å². The van der Waals surface area contributed by atoms with E-state index < -0.39 is 0 Å². The minimum atomic E-state index is 0.915. The minimum absolute atomic E-state index is 0.915. The van der Waals surface area contributed by atoms with Crippen LogP contribution in [-0.4, -0.2) is 3.92 Å². The van der Waals surface area contributed by atoms with Gasteiger partial charge in [0.1, 0.15) is 0 Å². The van der Waals surface area contributed by atoms with E-state index in [9.17, 15) is 0 Å². The van der Waals surface area contributed by atoms with Gasteiger partial charge in [0.05, 0.1) is 0 Å². The van der Waals surface area contributed by atoms with Crippen molar-refractivity contribution in [2.24, 2.45) is 0 Å². The van der Waals surface area contributed by atoms with Gasteiger partial charge in [0.15, 0.2) is 0 Å². The van der Waals surface area contributed by atoms with E-state index in [1.807, 2.05) is 0 Å². The van der Waals surface area contributed by atoms with Crippen LogP contribution in [0, 0.1) is 0 Å². The van der Waals surface area contributed by atoms with Crippen molar-refractivity contribution in [2.45, 2.75) is 36.5 Å². The van der Waals surface area contributed by atoms with E-state index in [1.165, 1.54) is 25.7 Å². The minimum Gasteiger partial charge on any atom is -0.0843 e. The zero-order valence-corrected chi connectivity index (χ0v) is 8.02. The molecule has 0 aromatic heterocycles. The lowest BCUT2D eigenvalue weighted by Gasteiger charge is -2.15. The number of allylic oxidation sites excluding steroid dienone is 2. The van der Waals surface area contributed by atoms with E-state index in [0.29, 0.717) is 0 Å². The summed E-state index contributed by atoms with van der Waals surface area (Å²) in [7, 11) is 0. The fraction of sp³-hybridized carbons (Fsp3) is 0.750. The molecule has 1 rings (SSSR count). The first-order chi connectivity index (χ1) is 4.33. The van der Waals surface area contributed by atoms with Crippen LogP contribution >= 0.6 is 22.6 Å². The van der Waals surface area contributed by atoms with Gasteiger partial charge in [-0.25, -0.2) is 0 Å². The summed E-state index contributed by atoms with van der Waals surface area (Å²) in [5.74, 6) is 0. The van der Waals surface area contributed by atoms with Crippen LogP contribution in [0.2, 0.25) is 0 Å². The second kappa shape index (κ2) is 3.59. The lowest BCUT2D eigenvalue weighted by Crippen LogP contribution is -2.02. The number of alkyl halides is 1. The highest BCUT2D eigenvalue weighted by Gasteiger charge is 2.08. The highest BCUT2D eigenvalue weighted by molar-refractivity contribution is 14.1. The van der Waals surface area contributed by atoms with Crippen LogP contribution < -0.4 is 0 Å². The smallest absolute Gasteiger partial charge is 0.0147 e. The molecule has 0 radical (unpaired) electrons. The molecule has 0 spiro atoms. The first-order valence-electron chi connectivity index (χ1n) is 3.65. The molecule has 0 aliphatic heterocycles. The molecule has 0 fully saturated rings. The third-order valence-corrected chi connectivity index (χ3v) is 3.03. The summed E-state index contributed by atoms with van der Waals surface area (Å²) in [4.78, 5) is 0. The summed E-state index contributed by atoms with van der Waals surface area (Å²) in [6.45, 7) is 2.25. The molecule has 0 heterocycles. The molecule has 1 heteroatoms. The fourth-order valence-electron chi connectivity index (χ4n) is 1.18. The van der Waals surface area contributed by atoms with Gasteiger partial charge < -0.3 is 0 Å². The van der Waals surface area contributed by atoms with Crippen molar-refractivity contribution in [2.75, 3.05) is 0 Å². The predicted octanol–water partition coefficient (Wildman–Crippen LogP) is 3.31. The molecule has 0 nitrogen and oxygen atoms in total. The predicted molar refractivity (Wildman–Crippen MR) is 50.0 cm³/mol. The maximum Gasteiger partial charge on any atom is 0.0147 e. The van der Waals surface area contributed by atoms with Crippen LogP contribution in [0.3, 0.4) is 0 Å². The van der Waals surface area contributed by atoms with E-state index in [2.05, 4.69) is 35.6 Å². The van der Waals surface area contributed by atoms with Crippen molar-refractivity contribution in [1.82, 2.24) is 0 Å². The Morgan fingerprint density at radius 1 is 1.78 bits per heavy atom. The number of hydrogen-bond donors (Lipinski definition) is 0. The Morgan fingerprint density at radius 2 is 2.56 bits per heavy atom. The Morgan fingerprint density at radius 3 is 3.00 bits per heavy atom. The Kier molecular flexibility index (Phi) is 3.02. The van der Waals surface area contributed by atoms with Crippen LogP contribution in [0.1, 0.15) is 32.6 Å². The summed E-state index contributed by atoms with van der Waals surface area (Å²) in [6.07, 6.45) is 7.75. The summed E-state index contributed by atoms with van der Waals surface area (Å²) in [6, 6.07) is 0. The van der Waals surface area contributed by atoms with Gasteiger partial charge in [-0.05, 0) is 25.7 Å². The third-order valence-electron chi connectivity index (χ3n) is 1.90. The average Bonchev–Trinajstić information content (AvgIpc) is 1.90. The van der Waals surface area contributed by atoms with Gasteiger partial charge in [0.25, 0.3) is 0 Å². The normalized spacial score (nSPS) is 27.8. The highest BCUT2D eigenvalue weighted by Crippen LogP contribution is 2.25. The van der Waals surface area contributed by atoms with Crippen molar-refractivity contribution in [1.29, 1.82) is 0 Å². The molecule has 9 heavy (non-hydrogen) atoms. The van der Waals surface area contributed by atoms with Crippen LogP contribution in [0.15, 0.2) is 11.6 Å². The number of hydrogen-bond acceptors (Lipinski definition) is 0. The molecule has 1 unspecified atom stereocenters. The van der Waals surface area contributed by atoms with E-state index in [1.54, 1.807) is 5.57 Å². The maximum absolute atomic E-state index is 2.54. The Bertz CT molecular complexity index is 116. The molecule has 0 aromatic carbocycles. The van der Waals surface area contributed by atoms with Gasteiger partial charge in [0.2, 0.25) is 0 Å². The second-order valence-electron chi connectivity index (χ2n) is 2.59. The number of rotatable bonds is 1. The van der Waals surface area contributed by atoms with Crippen LogP contribution in [0.4, 0.5) is 0 Å². The summed E-state index contributed by atoms with van der Waals surface area (Å²) >= 11 is 2.54. The van der Waals surface area contributed by atoms with E-state index >= 15 is 0 Å². The molecule has 1 aliphatic carbocycles. The number of halogens is 1. The van der Waals surface area contributed by atoms with Crippen molar-refractivity contribution >= 4 is 22.6 Å². The standard InChI is InChI=1S/C8H13I/c1-2-7-3-5-8(9)6-4-7/h3,8H,2,4-6H2,1H3. The molecule has 1 atom stereocenters. The van der Waals surface area contributed by atoms with Crippen LogP contribution in [0.25, 0.3) is 0 Å². The first kappa shape index (κ1) is 7.58. The maximum atomic E-state index is 2.54. The van der Waals surface area contributed by atoms with Crippen molar-refractivity contribution in [3.05, 3.63) is 11.6 Å². The lowest BCUT2D eigenvalue weighted by molar-refractivity contribution is 0.717. The molecule has 0 saturated carbocycles. The quantitative estimate of drug-likeness (QED) is 0.372. The van der Waals surface area contributed by atoms with Gasteiger partial charge in [-0.3, -0.25) is 0 Å². The Labute approximate surface area is 70.9 Å². The summed E-state index contributed by atoms with van der Waals surface area (Å²) < 4.78 is 0.915. The van der Waals surface area contributed by atoms with Crippen LogP contribution in [-0.2, 0) is 0 Å². The molecule has 52 valence electrons. The zero-order chi connectivity index (χ0) is 6.69. The van der Waals surface area contributed by atoms with Crippen molar-refractivity contribution < 1.29 is 0 Å². The van der Waals surface area contributed by atoms with Crippen molar-refractivity contribution in [3.63, 3.8) is 0 Å². The van der Waals surface area contributed by atoms with Gasteiger partial charge >= 0.3 is 0 Å². The summed E-state index contributed by atoms with van der Waals surface area (Å²) in [5, 5.41) is 0. The summed E-state index contributed by atoms with van der Waals surface area (Å²) in [5.41, 5.74) is 1.67. The van der Waals surface area contributed by atoms with Crippen molar-refractivity contribution in [3.8, 4) is 0 Å². The zero-order valence-electron chi connectivity index (χ0n) is 5.86. The first-order valence-corrected chi connectivity index (χ1v) is 4.89. The molecule has 0 saturated heterocycles. The van der Waals surface area contributed by atoms with E-state index in [-0.39, 0.29) is 0 Å². The molecular formula is C8H13I. The topological polar surface area (TPSA) is 0 Å². The molecule has 1 aliphatic rings. The Balaban J connectivity index is 2.40. The largest absolute Gasteiger partial charge is 0.0843 e.